The minimum Gasteiger partial charge on any atom is -0.481 e. The summed E-state index contributed by atoms with van der Waals surface area (Å²) in [6.45, 7) is 0. The fraction of sp³-hybridized carbons (Fsp3) is 0.833. The maximum Gasteiger partial charge on any atom is 0.308 e. The first-order valence-electron chi connectivity index (χ1n) is 6.64. The van der Waals surface area contributed by atoms with Crippen LogP contribution in [0.3, 0.4) is 0 Å². The van der Waals surface area contributed by atoms with E-state index in [1.54, 1.807) is 4.90 Å². The number of rotatable bonds is 2. The van der Waals surface area contributed by atoms with E-state index in [4.69, 9.17) is 5.11 Å². The van der Waals surface area contributed by atoms with Gasteiger partial charge in [-0.15, -0.1) is 0 Å². The van der Waals surface area contributed by atoms with E-state index in [9.17, 15) is 18.0 Å². The Morgan fingerprint density at radius 3 is 2.42 bits per heavy atom. The molecule has 0 aromatic heterocycles. The van der Waals surface area contributed by atoms with Crippen molar-refractivity contribution in [1.29, 1.82) is 0 Å². The Hall–Kier alpha value is -1.11. The number of carboxylic acids is 1. The van der Waals surface area contributed by atoms with E-state index in [0.717, 1.165) is 12.8 Å². The number of hydrogen-bond donors (Lipinski definition) is 1. The van der Waals surface area contributed by atoms with Gasteiger partial charge >= 0.3 is 5.97 Å². The molecular formula is C12H17NO5S. The highest BCUT2D eigenvalue weighted by Gasteiger charge is 2.53. The lowest BCUT2D eigenvalue weighted by Crippen LogP contribution is -2.41. The first kappa shape index (κ1) is 12.9. The van der Waals surface area contributed by atoms with Crippen LogP contribution in [0.4, 0.5) is 0 Å². The predicted molar refractivity (Wildman–Crippen MR) is 66.2 cm³/mol. The standard InChI is InChI=1S/C12H17NO5S/c14-11(7-3-4-19(17,18)6-7)13-8-1-2-10(13)9(5-8)12(15)16/h7-10H,1-6H2,(H,15,16). The van der Waals surface area contributed by atoms with Crippen molar-refractivity contribution in [3.05, 3.63) is 0 Å². The van der Waals surface area contributed by atoms with Gasteiger partial charge in [-0.3, -0.25) is 9.59 Å². The number of carboxylic acid groups (broad SMARTS) is 1. The lowest BCUT2D eigenvalue weighted by Gasteiger charge is -2.25. The number of aliphatic carboxylic acids is 1. The van der Waals surface area contributed by atoms with Crippen LogP contribution in [-0.4, -0.2) is 53.9 Å². The topological polar surface area (TPSA) is 91.8 Å². The van der Waals surface area contributed by atoms with Crippen LogP contribution in [0, 0.1) is 11.8 Å². The van der Waals surface area contributed by atoms with Crippen molar-refractivity contribution in [2.75, 3.05) is 11.5 Å². The molecule has 3 aliphatic heterocycles. The van der Waals surface area contributed by atoms with Crippen LogP contribution in [0.15, 0.2) is 0 Å². The van der Waals surface area contributed by atoms with Crippen molar-refractivity contribution in [3.63, 3.8) is 0 Å². The van der Waals surface area contributed by atoms with Crippen molar-refractivity contribution in [3.8, 4) is 0 Å². The Morgan fingerprint density at radius 2 is 1.89 bits per heavy atom. The number of nitrogens with zero attached hydrogens (tertiary/aromatic N) is 1. The minimum absolute atomic E-state index is 0.00176. The van der Waals surface area contributed by atoms with E-state index >= 15 is 0 Å². The Bertz CT molecular complexity index is 528. The quantitative estimate of drug-likeness (QED) is 0.765. The number of carbonyl (C=O) groups is 2. The molecule has 2 bridgehead atoms. The van der Waals surface area contributed by atoms with E-state index in [1.807, 2.05) is 0 Å². The summed E-state index contributed by atoms with van der Waals surface area (Å²) in [6.07, 6.45) is 2.48. The lowest BCUT2D eigenvalue weighted by molar-refractivity contribution is -0.143. The Morgan fingerprint density at radius 1 is 1.16 bits per heavy atom. The SMILES string of the molecule is O=C(O)C1CC2CCC1N2C(=O)C1CCS(=O)(=O)C1. The molecule has 19 heavy (non-hydrogen) atoms. The molecule has 0 aromatic carbocycles. The molecule has 3 fully saturated rings. The number of amides is 1. The van der Waals surface area contributed by atoms with Crippen LogP contribution in [0.1, 0.15) is 25.7 Å². The summed E-state index contributed by atoms with van der Waals surface area (Å²) in [4.78, 5) is 25.3. The first-order chi connectivity index (χ1) is 8.89. The van der Waals surface area contributed by atoms with E-state index in [-0.39, 0.29) is 29.5 Å². The smallest absolute Gasteiger partial charge is 0.308 e. The monoisotopic (exact) mass is 287 g/mol. The molecule has 3 aliphatic rings. The van der Waals surface area contributed by atoms with Gasteiger partial charge in [0.25, 0.3) is 0 Å². The largest absolute Gasteiger partial charge is 0.481 e. The van der Waals surface area contributed by atoms with Crippen LogP contribution < -0.4 is 0 Å². The van der Waals surface area contributed by atoms with E-state index in [0.29, 0.717) is 12.8 Å². The number of carbonyl (C=O) groups excluding carboxylic acids is 1. The summed E-state index contributed by atoms with van der Waals surface area (Å²) in [7, 11) is -3.08. The number of sulfone groups is 1. The van der Waals surface area contributed by atoms with Crippen LogP contribution >= 0.6 is 0 Å². The van der Waals surface area contributed by atoms with Crippen LogP contribution in [0.25, 0.3) is 0 Å². The molecule has 1 N–H and O–H groups in total. The highest BCUT2D eigenvalue weighted by atomic mass is 32.2. The molecule has 4 unspecified atom stereocenters. The second-order valence-corrected chi connectivity index (χ2v) is 8.05. The van der Waals surface area contributed by atoms with Crippen LogP contribution in [0.2, 0.25) is 0 Å². The van der Waals surface area contributed by atoms with Crippen LogP contribution in [0.5, 0.6) is 0 Å². The van der Waals surface area contributed by atoms with E-state index in [1.165, 1.54) is 0 Å². The molecule has 0 spiro atoms. The van der Waals surface area contributed by atoms with Crippen molar-refractivity contribution in [2.45, 2.75) is 37.8 Å². The van der Waals surface area contributed by atoms with Gasteiger partial charge < -0.3 is 10.0 Å². The highest BCUT2D eigenvalue weighted by molar-refractivity contribution is 7.91. The average Bonchev–Trinajstić information content (AvgIpc) is 2.99. The van der Waals surface area contributed by atoms with Crippen molar-refractivity contribution in [1.82, 2.24) is 4.90 Å². The molecule has 0 aromatic rings. The summed E-state index contributed by atoms with van der Waals surface area (Å²) >= 11 is 0. The van der Waals surface area contributed by atoms with Crippen LogP contribution in [-0.2, 0) is 19.4 Å². The second kappa shape index (κ2) is 4.19. The Labute approximate surface area is 111 Å². The molecule has 0 saturated carbocycles. The molecule has 3 rings (SSSR count). The average molecular weight is 287 g/mol. The molecule has 0 aliphatic carbocycles. The van der Waals surface area contributed by atoms with Crippen molar-refractivity contribution in [2.24, 2.45) is 11.8 Å². The first-order valence-corrected chi connectivity index (χ1v) is 8.46. The van der Waals surface area contributed by atoms with Gasteiger partial charge in [-0.2, -0.15) is 0 Å². The molecule has 3 heterocycles. The number of fused-ring (bicyclic) bond motifs is 2. The van der Waals surface area contributed by atoms with Gasteiger partial charge in [0.15, 0.2) is 9.84 Å². The lowest BCUT2D eigenvalue weighted by atomic mass is 9.89. The third-order valence-corrected chi connectivity index (χ3v) is 6.46. The minimum atomic E-state index is -3.08. The van der Waals surface area contributed by atoms with Gasteiger partial charge in [0.1, 0.15) is 0 Å². The molecule has 106 valence electrons. The van der Waals surface area contributed by atoms with Crippen molar-refractivity contribution >= 4 is 21.7 Å². The third kappa shape index (κ3) is 2.04. The molecule has 6 nitrogen and oxygen atoms in total. The zero-order chi connectivity index (χ0) is 13.8. The molecule has 3 saturated heterocycles. The summed E-state index contributed by atoms with van der Waals surface area (Å²) in [5, 5.41) is 9.15. The fourth-order valence-corrected chi connectivity index (χ4v) is 5.53. The van der Waals surface area contributed by atoms with E-state index in [2.05, 4.69) is 0 Å². The maximum atomic E-state index is 12.4. The Balaban J connectivity index is 1.77. The fourth-order valence-electron chi connectivity index (χ4n) is 3.80. The molecule has 4 atom stereocenters. The van der Waals surface area contributed by atoms with Gasteiger partial charge in [0.2, 0.25) is 5.91 Å². The summed E-state index contributed by atoms with van der Waals surface area (Å²) in [5.74, 6) is -1.91. The number of hydrogen-bond acceptors (Lipinski definition) is 4. The van der Waals surface area contributed by atoms with Gasteiger partial charge in [-0.05, 0) is 25.7 Å². The summed E-state index contributed by atoms with van der Waals surface area (Å²) in [5.41, 5.74) is 0. The normalized spacial score (nSPS) is 39.7. The predicted octanol–water partition coefficient (Wildman–Crippen LogP) is -0.115. The molecule has 1 amide bonds. The van der Waals surface area contributed by atoms with Gasteiger partial charge in [0.05, 0.1) is 23.3 Å². The maximum absolute atomic E-state index is 12.4. The summed E-state index contributed by atoms with van der Waals surface area (Å²) < 4.78 is 22.9. The highest BCUT2D eigenvalue weighted by Crippen LogP contribution is 2.43. The second-order valence-electron chi connectivity index (χ2n) is 5.82. The van der Waals surface area contributed by atoms with Gasteiger partial charge in [0, 0.05) is 12.1 Å². The van der Waals surface area contributed by atoms with Crippen molar-refractivity contribution < 1.29 is 23.1 Å². The summed E-state index contributed by atoms with van der Waals surface area (Å²) in [6, 6.07) is -0.222. The zero-order valence-corrected chi connectivity index (χ0v) is 11.3. The Kier molecular flexibility index (Phi) is 2.85. The molecule has 7 heteroatoms. The van der Waals surface area contributed by atoms with Gasteiger partial charge in [-0.25, -0.2) is 8.42 Å². The van der Waals surface area contributed by atoms with E-state index < -0.39 is 27.6 Å². The third-order valence-electron chi connectivity index (χ3n) is 4.69. The molecule has 0 radical (unpaired) electrons. The van der Waals surface area contributed by atoms with Gasteiger partial charge in [-0.1, -0.05) is 0 Å². The molecular weight excluding hydrogens is 270 g/mol. The zero-order valence-electron chi connectivity index (χ0n) is 10.5.